The van der Waals surface area contributed by atoms with Crippen LogP contribution in [0, 0.1) is 5.92 Å². The van der Waals surface area contributed by atoms with Gasteiger partial charge in [0.2, 0.25) is 5.91 Å². The molecule has 1 N–H and O–H groups in total. The van der Waals surface area contributed by atoms with E-state index in [1.165, 1.54) is 0 Å². The Hall–Kier alpha value is -1.06. The monoisotopic (exact) mass is 280 g/mol. The third-order valence-corrected chi connectivity index (χ3v) is 4.15. The van der Waals surface area contributed by atoms with Crippen molar-refractivity contribution in [2.24, 2.45) is 5.92 Å². The Morgan fingerprint density at radius 1 is 1.42 bits per heavy atom. The van der Waals surface area contributed by atoms with Crippen LogP contribution in [0.2, 0.25) is 5.02 Å². The number of hydrogen-bond donors (Lipinski definition) is 1. The molecule has 2 rings (SSSR count). The molecule has 0 bridgehead atoms. The van der Waals surface area contributed by atoms with E-state index in [9.17, 15) is 4.79 Å². The van der Waals surface area contributed by atoms with Gasteiger partial charge in [0, 0.05) is 11.6 Å². The molecule has 104 valence electrons. The molecule has 1 aromatic rings. The molecule has 0 aliphatic carbocycles. The summed E-state index contributed by atoms with van der Waals surface area (Å²) < 4.78 is 0. The first-order valence-electron chi connectivity index (χ1n) is 6.90. The predicted octanol–water partition coefficient (Wildman–Crippen LogP) is 3.21. The molecule has 1 aromatic carbocycles. The van der Waals surface area contributed by atoms with Crippen molar-refractivity contribution in [1.82, 2.24) is 10.2 Å². The summed E-state index contributed by atoms with van der Waals surface area (Å²) in [5, 5.41) is 4.16. The molecule has 1 fully saturated rings. The van der Waals surface area contributed by atoms with Crippen molar-refractivity contribution >= 4 is 17.5 Å². The molecule has 19 heavy (non-hydrogen) atoms. The van der Waals surface area contributed by atoms with Crippen LogP contribution in [0.1, 0.15) is 38.9 Å². The molecule has 1 aliphatic heterocycles. The fraction of sp³-hybridized carbons (Fsp3) is 0.533. The van der Waals surface area contributed by atoms with E-state index >= 15 is 0 Å². The van der Waals surface area contributed by atoms with Crippen molar-refractivity contribution in [3.63, 3.8) is 0 Å². The van der Waals surface area contributed by atoms with E-state index in [1.54, 1.807) is 0 Å². The van der Waals surface area contributed by atoms with Crippen LogP contribution >= 0.6 is 11.6 Å². The van der Waals surface area contributed by atoms with Crippen LogP contribution in [0.3, 0.4) is 0 Å². The Labute approximate surface area is 119 Å². The highest BCUT2D eigenvalue weighted by Gasteiger charge is 2.40. The summed E-state index contributed by atoms with van der Waals surface area (Å²) in [7, 11) is 0. The van der Waals surface area contributed by atoms with E-state index in [1.807, 2.05) is 36.1 Å². The van der Waals surface area contributed by atoms with Crippen LogP contribution < -0.4 is 5.32 Å². The maximum Gasteiger partial charge on any atom is 0.241 e. The molecule has 1 heterocycles. The first-order chi connectivity index (χ1) is 9.08. The van der Waals surface area contributed by atoms with Gasteiger partial charge in [-0.2, -0.15) is 0 Å². The summed E-state index contributed by atoms with van der Waals surface area (Å²) >= 11 is 6.05. The number of hydrogen-bond acceptors (Lipinski definition) is 2. The average molecular weight is 281 g/mol. The largest absolute Gasteiger partial charge is 0.322 e. The molecule has 1 saturated heterocycles. The zero-order valence-electron chi connectivity index (χ0n) is 11.7. The predicted molar refractivity (Wildman–Crippen MR) is 78.0 cm³/mol. The minimum Gasteiger partial charge on any atom is -0.322 e. The first-order valence-corrected chi connectivity index (χ1v) is 7.28. The van der Waals surface area contributed by atoms with E-state index in [2.05, 4.69) is 19.2 Å². The van der Waals surface area contributed by atoms with E-state index in [-0.39, 0.29) is 18.1 Å². The standard InChI is InChI=1S/C15H21ClN2O/c1-4-10(3)13-15(19)18(5-2)14(17-13)11-7-6-8-12(16)9-11/h6-10,13-14,17H,4-5H2,1-3H3. The van der Waals surface area contributed by atoms with Crippen LogP contribution in [-0.4, -0.2) is 23.4 Å². The minimum absolute atomic E-state index is 0.0600. The molecule has 3 nitrogen and oxygen atoms in total. The second-order valence-corrected chi connectivity index (χ2v) is 5.55. The second-order valence-electron chi connectivity index (χ2n) is 5.11. The average Bonchev–Trinajstić information content (AvgIpc) is 2.75. The molecule has 0 aromatic heterocycles. The lowest BCUT2D eigenvalue weighted by Gasteiger charge is -2.23. The molecule has 3 unspecified atom stereocenters. The van der Waals surface area contributed by atoms with Gasteiger partial charge in [0.25, 0.3) is 0 Å². The van der Waals surface area contributed by atoms with Gasteiger partial charge in [-0.25, -0.2) is 0 Å². The van der Waals surface area contributed by atoms with Crippen molar-refractivity contribution in [3.8, 4) is 0 Å². The molecule has 4 heteroatoms. The highest BCUT2D eigenvalue weighted by atomic mass is 35.5. The molecule has 3 atom stereocenters. The Morgan fingerprint density at radius 2 is 2.16 bits per heavy atom. The highest BCUT2D eigenvalue weighted by Crippen LogP contribution is 2.29. The van der Waals surface area contributed by atoms with Crippen LogP contribution in [0.15, 0.2) is 24.3 Å². The fourth-order valence-electron chi connectivity index (χ4n) is 2.57. The lowest BCUT2D eigenvalue weighted by molar-refractivity contribution is -0.130. The Balaban J connectivity index is 2.28. The van der Waals surface area contributed by atoms with Crippen molar-refractivity contribution in [2.45, 2.75) is 39.4 Å². The van der Waals surface area contributed by atoms with Crippen LogP contribution in [0.4, 0.5) is 0 Å². The summed E-state index contributed by atoms with van der Waals surface area (Å²) in [6, 6.07) is 7.62. The van der Waals surface area contributed by atoms with Gasteiger partial charge in [-0.1, -0.05) is 44.0 Å². The molecule has 0 spiro atoms. The Kier molecular flexibility index (Phi) is 4.48. The van der Waals surface area contributed by atoms with E-state index in [0.717, 1.165) is 12.0 Å². The zero-order chi connectivity index (χ0) is 14.0. The van der Waals surface area contributed by atoms with Gasteiger partial charge in [0.1, 0.15) is 6.17 Å². The molecular weight excluding hydrogens is 260 g/mol. The Morgan fingerprint density at radius 3 is 2.74 bits per heavy atom. The van der Waals surface area contributed by atoms with Crippen molar-refractivity contribution in [3.05, 3.63) is 34.9 Å². The van der Waals surface area contributed by atoms with Crippen molar-refractivity contribution in [2.75, 3.05) is 6.54 Å². The van der Waals surface area contributed by atoms with Crippen LogP contribution in [-0.2, 0) is 4.79 Å². The van der Waals surface area contributed by atoms with Gasteiger partial charge >= 0.3 is 0 Å². The number of halogens is 1. The number of carbonyl (C=O) groups is 1. The smallest absolute Gasteiger partial charge is 0.241 e. The fourth-order valence-corrected chi connectivity index (χ4v) is 2.77. The summed E-state index contributed by atoms with van der Waals surface area (Å²) in [5.41, 5.74) is 1.05. The number of nitrogens with one attached hydrogen (secondary N) is 1. The minimum atomic E-state index is -0.0890. The van der Waals surface area contributed by atoms with Crippen molar-refractivity contribution < 1.29 is 4.79 Å². The van der Waals surface area contributed by atoms with Gasteiger partial charge in [0.15, 0.2) is 0 Å². The van der Waals surface area contributed by atoms with Gasteiger partial charge in [-0.3, -0.25) is 10.1 Å². The van der Waals surface area contributed by atoms with Crippen molar-refractivity contribution in [1.29, 1.82) is 0 Å². The summed E-state index contributed by atoms with van der Waals surface area (Å²) in [6.45, 7) is 6.94. The Bertz CT molecular complexity index is 463. The van der Waals surface area contributed by atoms with Gasteiger partial charge < -0.3 is 4.90 Å². The number of benzene rings is 1. The van der Waals surface area contributed by atoms with E-state index in [4.69, 9.17) is 11.6 Å². The lowest BCUT2D eigenvalue weighted by Crippen LogP contribution is -2.35. The maximum absolute atomic E-state index is 12.4. The number of nitrogens with zero attached hydrogens (tertiary/aromatic N) is 1. The highest BCUT2D eigenvalue weighted by molar-refractivity contribution is 6.30. The van der Waals surface area contributed by atoms with Gasteiger partial charge in [0.05, 0.1) is 6.04 Å². The van der Waals surface area contributed by atoms with Crippen LogP contribution in [0.5, 0.6) is 0 Å². The van der Waals surface area contributed by atoms with E-state index in [0.29, 0.717) is 17.5 Å². The molecule has 1 amide bonds. The number of carbonyl (C=O) groups excluding carboxylic acids is 1. The van der Waals surface area contributed by atoms with Gasteiger partial charge in [-0.05, 0) is 30.5 Å². The first kappa shape index (κ1) is 14.4. The SMILES string of the molecule is CCC(C)C1NC(c2cccc(Cl)c2)N(CC)C1=O. The third kappa shape index (κ3) is 2.77. The molecule has 0 radical (unpaired) electrons. The van der Waals surface area contributed by atoms with E-state index < -0.39 is 0 Å². The summed E-state index contributed by atoms with van der Waals surface area (Å²) in [6.07, 6.45) is 0.929. The topological polar surface area (TPSA) is 32.3 Å². The molecule has 0 saturated carbocycles. The second kappa shape index (κ2) is 5.93. The zero-order valence-corrected chi connectivity index (χ0v) is 12.4. The normalized spacial score (nSPS) is 24.8. The quantitative estimate of drug-likeness (QED) is 0.919. The summed E-state index contributed by atoms with van der Waals surface area (Å²) in [5.74, 6) is 0.535. The van der Waals surface area contributed by atoms with Crippen LogP contribution in [0.25, 0.3) is 0 Å². The number of rotatable bonds is 4. The number of likely N-dealkylation sites (N-methyl/N-ethyl adjacent to an activating group) is 1. The van der Waals surface area contributed by atoms with Gasteiger partial charge in [-0.15, -0.1) is 0 Å². The maximum atomic E-state index is 12.4. The third-order valence-electron chi connectivity index (χ3n) is 3.92. The lowest BCUT2D eigenvalue weighted by atomic mass is 9.99. The number of amides is 1. The summed E-state index contributed by atoms with van der Waals surface area (Å²) in [4.78, 5) is 14.3. The molecular formula is C15H21ClN2O. The molecule has 1 aliphatic rings.